The Morgan fingerprint density at radius 1 is 1.05 bits per heavy atom. The van der Waals surface area contributed by atoms with Crippen molar-refractivity contribution in [1.82, 2.24) is 4.90 Å². The molecule has 1 aromatic rings. The van der Waals surface area contributed by atoms with Gasteiger partial charge in [0.15, 0.2) is 0 Å². The lowest BCUT2D eigenvalue weighted by atomic mass is 10.2. The molecule has 1 amide bonds. The van der Waals surface area contributed by atoms with Gasteiger partial charge in [-0.3, -0.25) is 4.79 Å². The summed E-state index contributed by atoms with van der Waals surface area (Å²) in [5.74, 6) is 1.13. The average Bonchev–Trinajstić information content (AvgIpc) is 3.15. The van der Waals surface area contributed by atoms with E-state index >= 15 is 0 Å². The molecule has 2 aliphatic rings. The van der Waals surface area contributed by atoms with Crippen LogP contribution in [0.25, 0.3) is 0 Å². The van der Waals surface area contributed by atoms with Crippen LogP contribution in [-0.2, 0) is 4.79 Å². The minimum Gasteiger partial charge on any atom is -0.493 e. The molecular formula is C17H23NO2. The number of amides is 1. The Morgan fingerprint density at radius 2 is 1.70 bits per heavy atom. The molecule has 2 fully saturated rings. The van der Waals surface area contributed by atoms with Crippen LogP contribution >= 0.6 is 0 Å². The highest BCUT2D eigenvalue weighted by Crippen LogP contribution is 2.34. The predicted molar refractivity (Wildman–Crippen MR) is 78.7 cm³/mol. The number of hydrogen-bond acceptors (Lipinski definition) is 2. The van der Waals surface area contributed by atoms with Crippen LogP contribution in [-0.4, -0.2) is 29.5 Å². The van der Waals surface area contributed by atoms with Crippen LogP contribution in [0.3, 0.4) is 0 Å². The van der Waals surface area contributed by atoms with E-state index in [0.29, 0.717) is 25.1 Å². The molecule has 0 heterocycles. The molecule has 2 aliphatic carbocycles. The normalized spacial score (nSPS) is 19.0. The van der Waals surface area contributed by atoms with Crippen molar-refractivity contribution >= 4 is 5.91 Å². The van der Waals surface area contributed by atoms with Crippen LogP contribution < -0.4 is 4.74 Å². The van der Waals surface area contributed by atoms with Gasteiger partial charge in [-0.2, -0.15) is 0 Å². The van der Waals surface area contributed by atoms with Crippen molar-refractivity contribution in [3.8, 4) is 5.75 Å². The van der Waals surface area contributed by atoms with Gasteiger partial charge in [0.05, 0.1) is 13.0 Å². The molecule has 1 aromatic carbocycles. The predicted octanol–water partition coefficient (Wildman–Crippen LogP) is 3.39. The molecule has 0 spiro atoms. The van der Waals surface area contributed by atoms with Gasteiger partial charge in [0.25, 0.3) is 0 Å². The van der Waals surface area contributed by atoms with Crippen molar-refractivity contribution in [3.05, 3.63) is 30.3 Å². The summed E-state index contributed by atoms with van der Waals surface area (Å²) in [5, 5.41) is 0. The van der Waals surface area contributed by atoms with Gasteiger partial charge in [-0.05, 0) is 37.8 Å². The fourth-order valence-corrected chi connectivity index (χ4v) is 3.14. The average molecular weight is 273 g/mol. The second kappa shape index (κ2) is 6.29. The maximum absolute atomic E-state index is 12.4. The molecular weight excluding hydrogens is 250 g/mol. The van der Waals surface area contributed by atoms with Crippen LogP contribution in [0.15, 0.2) is 30.3 Å². The molecule has 3 heteroatoms. The third-order valence-corrected chi connectivity index (χ3v) is 4.27. The molecule has 2 saturated carbocycles. The summed E-state index contributed by atoms with van der Waals surface area (Å²) in [4.78, 5) is 14.6. The largest absolute Gasteiger partial charge is 0.493 e. The van der Waals surface area contributed by atoms with Crippen molar-refractivity contribution in [2.24, 2.45) is 0 Å². The molecule has 0 aliphatic heterocycles. The summed E-state index contributed by atoms with van der Waals surface area (Å²) in [7, 11) is 0. The van der Waals surface area contributed by atoms with Gasteiger partial charge >= 0.3 is 0 Å². The quantitative estimate of drug-likeness (QED) is 0.795. The lowest BCUT2D eigenvalue weighted by molar-refractivity contribution is -0.134. The molecule has 0 atom stereocenters. The Kier molecular flexibility index (Phi) is 4.24. The highest BCUT2D eigenvalue weighted by Gasteiger charge is 2.37. The zero-order valence-electron chi connectivity index (χ0n) is 12.0. The maximum atomic E-state index is 12.4. The number of para-hydroxylation sites is 1. The fraction of sp³-hybridized carbons (Fsp3) is 0.588. The van der Waals surface area contributed by atoms with E-state index in [1.165, 1.54) is 38.5 Å². The second-order valence-electron chi connectivity index (χ2n) is 5.88. The van der Waals surface area contributed by atoms with E-state index in [1.807, 2.05) is 30.3 Å². The molecule has 0 bridgehead atoms. The highest BCUT2D eigenvalue weighted by molar-refractivity contribution is 5.77. The maximum Gasteiger partial charge on any atom is 0.226 e. The minimum atomic E-state index is 0.287. The molecule has 0 radical (unpaired) electrons. The molecule has 0 saturated heterocycles. The summed E-state index contributed by atoms with van der Waals surface area (Å²) in [6, 6.07) is 10.8. The summed E-state index contributed by atoms with van der Waals surface area (Å²) in [6.45, 7) is 0.485. The van der Waals surface area contributed by atoms with Gasteiger partial charge in [0.1, 0.15) is 5.75 Å². The van der Waals surface area contributed by atoms with E-state index < -0.39 is 0 Å². The first-order chi connectivity index (χ1) is 9.84. The van der Waals surface area contributed by atoms with Crippen molar-refractivity contribution < 1.29 is 9.53 Å². The number of carbonyl (C=O) groups excluding carboxylic acids is 1. The number of hydrogen-bond donors (Lipinski definition) is 0. The standard InChI is InChI=1S/C17H23NO2/c19-17(12-13-20-16-8-2-1-3-9-16)18(15-10-11-15)14-6-4-5-7-14/h1-3,8-9,14-15H,4-7,10-13H2. The number of ether oxygens (including phenoxy) is 1. The van der Waals surface area contributed by atoms with Gasteiger partial charge in [-0.1, -0.05) is 31.0 Å². The van der Waals surface area contributed by atoms with Gasteiger partial charge in [-0.25, -0.2) is 0 Å². The number of nitrogens with zero attached hydrogens (tertiary/aromatic N) is 1. The zero-order chi connectivity index (χ0) is 13.8. The van der Waals surface area contributed by atoms with Crippen LogP contribution in [0.2, 0.25) is 0 Å². The summed E-state index contributed by atoms with van der Waals surface area (Å²) in [6.07, 6.45) is 7.85. The Balaban J connectivity index is 1.49. The SMILES string of the molecule is O=C(CCOc1ccccc1)N(C1CCCC1)C1CC1. The molecule has 0 unspecified atom stereocenters. The van der Waals surface area contributed by atoms with E-state index in [4.69, 9.17) is 4.74 Å². The topological polar surface area (TPSA) is 29.5 Å². The fourth-order valence-electron chi connectivity index (χ4n) is 3.14. The van der Waals surface area contributed by atoms with Crippen LogP contribution in [0.5, 0.6) is 5.75 Å². The summed E-state index contributed by atoms with van der Waals surface area (Å²) < 4.78 is 5.64. The summed E-state index contributed by atoms with van der Waals surface area (Å²) >= 11 is 0. The van der Waals surface area contributed by atoms with Crippen molar-refractivity contribution in [2.45, 2.75) is 57.0 Å². The smallest absolute Gasteiger partial charge is 0.226 e. The van der Waals surface area contributed by atoms with E-state index in [-0.39, 0.29) is 5.91 Å². The lowest BCUT2D eigenvalue weighted by Gasteiger charge is -2.29. The van der Waals surface area contributed by atoms with Crippen LogP contribution in [0.1, 0.15) is 44.9 Å². The number of benzene rings is 1. The van der Waals surface area contributed by atoms with E-state index in [2.05, 4.69) is 4.90 Å². The zero-order valence-corrected chi connectivity index (χ0v) is 12.0. The molecule has 0 N–H and O–H groups in total. The third kappa shape index (κ3) is 3.33. The molecule has 3 nitrogen and oxygen atoms in total. The Labute approximate surface area is 120 Å². The van der Waals surface area contributed by atoms with Crippen LogP contribution in [0.4, 0.5) is 0 Å². The monoisotopic (exact) mass is 273 g/mol. The second-order valence-corrected chi connectivity index (χ2v) is 5.88. The first-order valence-corrected chi connectivity index (χ1v) is 7.83. The van der Waals surface area contributed by atoms with E-state index in [9.17, 15) is 4.79 Å². The van der Waals surface area contributed by atoms with Crippen molar-refractivity contribution in [3.63, 3.8) is 0 Å². The lowest BCUT2D eigenvalue weighted by Crippen LogP contribution is -2.41. The van der Waals surface area contributed by atoms with Gasteiger partial charge in [0.2, 0.25) is 5.91 Å². The van der Waals surface area contributed by atoms with E-state index in [0.717, 1.165) is 5.75 Å². The first-order valence-electron chi connectivity index (χ1n) is 7.83. The van der Waals surface area contributed by atoms with E-state index in [1.54, 1.807) is 0 Å². The number of carbonyl (C=O) groups is 1. The first kappa shape index (κ1) is 13.5. The van der Waals surface area contributed by atoms with Gasteiger partial charge < -0.3 is 9.64 Å². The van der Waals surface area contributed by atoms with Crippen LogP contribution in [0, 0.1) is 0 Å². The summed E-state index contributed by atoms with van der Waals surface area (Å²) in [5.41, 5.74) is 0. The Morgan fingerprint density at radius 3 is 2.35 bits per heavy atom. The van der Waals surface area contributed by atoms with Crippen molar-refractivity contribution in [1.29, 1.82) is 0 Å². The van der Waals surface area contributed by atoms with Gasteiger partial charge in [-0.15, -0.1) is 0 Å². The number of rotatable bonds is 6. The van der Waals surface area contributed by atoms with Crippen molar-refractivity contribution in [2.75, 3.05) is 6.61 Å². The molecule has 108 valence electrons. The highest BCUT2D eigenvalue weighted by atomic mass is 16.5. The minimum absolute atomic E-state index is 0.287. The Hall–Kier alpha value is -1.51. The molecule has 3 rings (SSSR count). The molecule has 20 heavy (non-hydrogen) atoms. The van der Waals surface area contributed by atoms with Gasteiger partial charge in [0, 0.05) is 12.1 Å². The third-order valence-electron chi connectivity index (χ3n) is 4.27. The molecule has 0 aromatic heterocycles. The Bertz CT molecular complexity index is 436.